The summed E-state index contributed by atoms with van der Waals surface area (Å²) in [6, 6.07) is 5.48. The van der Waals surface area contributed by atoms with Gasteiger partial charge in [-0.3, -0.25) is 9.69 Å². The molecule has 0 radical (unpaired) electrons. The third kappa shape index (κ3) is 6.50. The van der Waals surface area contributed by atoms with E-state index in [2.05, 4.69) is 20.9 Å². The van der Waals surface area contributed by atoms with Gasteiger partial charge in [0.1, 0.15) is 0 Å². The first-order valence-electron chi connectivity index (χ1n) is 11.3. The molecule has 1 aromatic carbocycles. The molecule has 1 saturated heterocycles. The fourth-order valence-corrected chi connectivity index (χ4v) is 4.42. The topological polar surface area (TPSA) is 91.9 Å². The lowest BCUT2D eigenvalue weighted by atomic mass is 9.96. The van der Waals surface area contributed by atoms with Crippen LogP contribution in [0.15, 0.2) is 18.2 Å². The Bertz CT molecular complexity index is 743. The number of rotatable bonds is 7. The van der Waals surface area contributed by atoms with Crippen molar-refractivity contribution in [2.75, 3.05) is 32.6 Å². The summed E-state index contributed by atoms with van der Waals surface area (Å²) >= 11 is 0. The average molecular weight is 433 g/mol. The zero-order chi connectivity index (χ0) is 22.2. The molecule has 0 bridgehead atoms. The van der Waals surface area contributed by atoms with E-state index in [-0.39, 0.29) is 24.0 Å². The van der Waals surface area contributed by atoms with Crippen LogP contribution in [0, 0.1) is 0 Å². The molecular formula is C23H36N4O4. The number of hydrogen-bond donors (Lipinski definition) is 3. The second kappa shape index (κ2) is 11.2. The van der Waals surface area contributed by atoms with Crippen LogP contribution in [0.1, 0.15) is 51.9 Å². The predicted octanol–water partition coefficient (Wildman–Crippen LogP) is 3.13. The van der Waals surface area contributed by atoms with Gasteiger partial charge >= 0.3 is 6.03 Å². The molecule has 1 saturated carbocycles. The number of ether oxygens (including phenoxy) is 2. The molecule has 3 amide bonds. The van der Waals surface area contributed by atoms with Gasteiger partial charge in [0.2, 0.25) is 5.91 Å². The molecule has 1 aliphatic heterocycles. The van der Waals surface area contributed by atoms with Gasteiger partial charge in [-0.25, -0.2) is 4.79 Å². The molecule has 0 aromatic heterocycles. The highest BCUT2D eigenvalue weighted by atomic mass is 16.5. The van der Waals surface area contributed by atoms with Crippen molar-refractivity contribution in [1.82, 2.24) is 15.5 Å². The van der Waals surface area contributed by atoms with Crippen molar-refractivity contribution in [3.8, 4) is 11.5 Å². The van der Waals surface area contributed by atoms with Crippen molar-refractivity contribution in [3.63, 3.8) is 0 Å². The SMILES string of the molecule is COc1ccc(NC(=O)C(C)N2CCC(NC(=O)NC3CCCCC3)CC2)cc1OC. The van der Waals surface area contributed by atoms with Crippen molar-refractivity contribution < 1.29 is 19.1 Å². The van der Waals surface area contributed by atoms with E-state index in [0.717, 1.165) is 38.8 Å². The maximum atomic E-state index is 12.7. The zero-order valence-electron chi connectivity index (χ0n) is 18.9. The summed E-state index contributed by atoms with van der Waals surface area (Å²) in [5, 5.41) is 9.19. The number of anilines is 1. The molecule has 3 rings (SSSR count). The highest BCUT2D eigenvalue weighted by Gasteiger charge is 2.28. The minimum Gasteiger partial charge on any atom is -0.493 e. The van der Waals surface area contributed by atoms with Gasteiger partial charge < -0.3 is 25.4 Å². The highest BCUT2D eigenvalue weighted by molar-refractivity contribution is 5.94. The molecule has 1 aromatic rings. The standard InChI is InChI=1S/C23H36N4O4/c1-16(22(28)24-19-9-10-20(30-2)21(15-19)31-3)27-13-11-18(12-14-27)26-23(29)25-17-7-5-4-6-8-17/h9-10,15-18H,4-8,11-14H2,1-3H3,(H,24,28)(H2,25,26,29). The van der Waals surface area contributed by atoms with Gasteiger partial charge in [0.15, 0.2) is 11.5 Å². The Labute approximate surface area is 185 Å². The molecule has 3 N–H and O–H groups in total. The van der Waals surface area contributed by atoms with Crippen molar-refractivity contribution in [3.05, 3.63) is 18.2 Å². The van der Waals surface area contributed by atoms with E-state index < -0.39 is 0 Å². The van der Waals surface area contributed by atoms with Crippen LogP contribution in [0.25, 0.3) is 0 Å². The molecule has 2 aliphatic rings. The first-order valence-corrected chi connectivity index (χ1v) is 11.3. The Morgan fingerprint density at radius 2 is 1.55 bits per heavy atom. The smallest absolute Gasteiger partial charge is 0.315 e. The average Bonchev–Trinajstić information content (AvgIpc) is 2.79. The molecule has 2 fully saturated rings. The fraction of sp³-hybridized carbons (Fsp3) is 0.652. The summed E-state index contributed by atoms with van der Waals surface area (Å²) in [5.41, 5.74) is 0.672. The zero-order valence-corrected chi connectivity index (χ0v) is 18.9. The van der Waals surface area contributed by atoms with Crippen LogP contribution in [0.3, 0.4) is 0 Å². The molecule has 172 valence electrons. The van der Waals surface area contributed by atoms with Gasteiger partial charge in [-0.2, -0.15) is 0 Å². The number of piperidine rings is 1. The number of amides is 3. The van der Waals surface area contributed by atoms with E-state index in [1.807, 2.05) is 6.92 Å². The van der Waals surface area contributed by atoms with E-state index in [1.165, 1.54) is 19.3 Å². The summed E-state index contributed by atoms with van der Waals surface area (Å²) < 4.78 is 10.5. The van der Waals surface area contributed by atoms with Crippen LogP contribution < -0.4 is 25.4 Å². The lowest BCUT2D eigenvalue weighted by Crippen LogP contribution is -2.53. The Morgan fingerprint density at radius 1 is 0.935 bits per heavy atom. The lowest BCUT2D eigenvalue weighted by molar-refractivity contribution is -0.121. The quantitative estimate of drug-likeness (QED) is 0.616. The minimum atomic E-state index is -0.259. The first kappa shape index (κ1) is 23.2. The number of urea groups is 1. The third-order valence-electron chi connectivity index (χ3n) is 6.38. The Kier molecular flexibility index (Phi) is 8.40. The number of hydrogen-bond acceptors (Lipinski definition) is 5. The third-order valence-corrected chi connectivity index (χ3v) is 6.38. The van der Waals surface area contributed by atoms with E-state index in [0.29, 0.717) is 23.2 Å². The summed E-state index contributed by atoms with van der Waals surface area (Å²) in [5.74, 6) is 1.13. The number of methoxy groups -OCH3 is 2. The van der Waals surface area contributed by atoms with E-state index >= 15 is 0 Å². The van der Waals surface area contributed by atoms with Gasteiger partial charge in [0.25, 0.3) is 0 Å². The molecule has 1 aliphatic carbocycles. The van der Waals surface area contributed by atoms with Crippen molar-refractivity contribution in [1.29, 1.82) is 0 Å². The monoisotopic (exact) mass is 432 g/mol. The van der Waals surface area contributed by atoms with Crippen molar-refractivity contribution >= 4 is 17.6 Å². The Balaban J connectivity index is 1.43. The van der Waals surface area contributed by atoms with Crippen LogP contribution in [0.4, 0.5) is 10.5 Å². The number of benzene rings is 1. The molecule has 1 unspecified atom stereocenters. The molecule has 1 atom stereocenters. The minimum absolute atomic E-state index is 0.0513. The van der Waals surface area contributed by atoms with Crippen molar-refractivity contribution in [2.24, 2.45) is 0 Å². The lowest BCUT2D eigenvalue weighted by Gasteiger charge is -2.35. The fourth-order valence-electron chi connectivity index (χ4n) is 4.42. The van der Waals surface area contributed by atoms with Gasteiger partial charge in [-0.05, 0) is 44.7 Å². The molecule has 0 spiro atoms. The molecule has 31 heavy (non-hydrogen) atoms. The molecular weight excluding hydrogens is 396 g/mol. The van der Waals surface area contributed by atoms with E-state index in [9.17, 15) is 9.59 Å². The summed E-state index contributed by atoms with van der Waals surface area (Å²) in [6.07, 6.45) is 7.52. The van der Waals surface area contributed by atoms with Crippen LogP contribution in [0.5, 0.6) is 11.5 Å². The maximum absolute atomic E-state index is 12.7. The van der Waals surface area contributed by atoms with E-state index in [4.69, 9.17) is 9.47 Å². The maximum Gasteiger partial charge on any atom is 0.315 e. The number of carbonyl (C=O) groups excluding carboxylic acids is 2. The number of nitrogens with one attached hydrogen (secondary N) is 3. The summed E-state index contributed by atoms with van der Waals surface area (Å²) in [7, 11) is 3.15. The number of carbonyl (C=O) groups is 2. The number of likely N-dealkylation sites (tertiary alicyclic amines) is 1. The first-order chi connectivity index (χ1) is 15.0. The second-order valence-corrected chi connectivity index (χ2v) is 8.50. The number of nitrogens with zero attached hydrogens (tertiary/aromatic N) is 1. The predicted molar refractivity (Wildman–Crippen MR) is 121 cm³/mol. The van der Waals surface area contributed by atoms with Gasteiger partial charge in [0.05, 0.1) is 20.3 Å². The normalized spacial score (nSPS) is 19.3. The highest BCUT2D eigenvalue weighted by Crippen LogP contribution is 2.30. The van der Waals surface area contributed by atoms with Crippen LogP contribution in [-0.2, 0) is 4.79 Å². The molecule has 8 heteroatoms. The van der Waals surface area contributed by atoms with Crippen LogP contribution >= 0.6 is 0 Å². The van der Waals surface area contributed by atoms with Gasteiger partial charge in [0, 0.05) is 36.9 Å². The van der Waals surface area contributed by atoms with Gasteiger partial charge in [-0.1, -0.05) is 19.3 Å². The largest absolute Gasteiger partial charge is 0.493 e. The van der Waals surface area contributed by atoms with Crippen LogP contribution in [-0.4, -0.2) is 62.3 Å². The molecule has 1 heterocycles. The summed E-state index contributed by atoms with van der Waals surface area (Å²) in [4.78, 5) is 27.2. The van der Waals surface area contributed by atoms with Crippen LogP contribution in [0.2, 0.25) is 0 Å². The Morgan fingerprint density at radius 3 is 2.16 bits per heavy atom. The second-order valence-electron chi connectivity index (χ2n) is 8.50. The van der Waals surface area contributed by atoms with E-state index in [1.54, 1.807) is 32.4 Å². The van der Waals surface area contributed by atoms with Gasteiger partial charge in [-0.15, -0.1) is 0 Å². The Hall–Kier alpha value is -2.48. The van der Waals surface area contributed by atoms with Crippen molar-refractivity contribution in [2.45, 2.75) is 70.0 Å². The molecule has 8 nitrogen and oxygen atoms in total. The summed E-state index contributed by atoms with van der Waals surface area (Å²) in [6.45, 7) is 3.46.